The van der Waals surface area contributed by atoms with Gasteiger partial charge in [-0.3, -0.25) is 13.6 Å². The van der Waals surface area contributed by atoms with Crippen LogP contribution < -0.4 is 14.8 Å². The fraction of sp³-hybridized carbons (Fsp3) is 0.157. The third-order valence-corrected chi connectivity index (χ3v) is 10.2. The number of alkyl halides is 3. The number of ether oxygens (including phenoxy) is 2. The molecule has 0 bridgehead atoms. The number of nitrogens with zero attached hydrogens (tertiary/aromatic N) is 5. The van der Waals surface area contributed by atoms with Gasteiger partial charge in [-0.15, -0.1) is 0 Å². The van der Waals surface area contributed by atoms with Crippen LogP contribution in [0, 0.1) is 29.5 Å². The summed E-state index contributed by atoms with van der Waals surface area (Å²) in [6.45, 7) is 0.476. The minimum Gasteiger partial charge on any atom is -0.487 e. The lowest BCUT2D eigenvalue weighted by molar-refractivity contribution is -0.137. The Morgan fingerprint density at radius 3 is 1.95 bits per heavy atom. The van der Waals surface area contributed by atoms with Gasteiger partial charge in [0.1, 0.15) is 64.6 Å². The quantitative estimate of drug-likeness (QED) is 0.0937. The van der Waals surface area contributed by atoms with Gasteiger partial charge in [0.2, 0.25) is 0 Å². The van der Waals surface area contributed by atoms with Crippen LogP contribution in [-0.4, -0.2) is 61.9 Å². The van der Waals surface area contributed by atoms with Crippen molar-refractivity contribution in [3.05, 3.63) is 190 Å². The molecular weight excluding hydrogens is 837 g/mol. The summed E-state index contributed by atoms with van der Waals surface area (Å²) in [7, 11) is 3.75. The average Bonchev–Trinajstić information content (AvgIpc) is 3.85. The fourth-order valence-corrected chi connectivity index (χ4v) is 6.95. The molecule has 0 fully saturated rings. The number of pyridine rings is 2. The van der Waals surface area contributed by atoms with Crippen LogP contribution in [0.1, 0.15) is 55.4 Å². The number of aliphatic hydroxyl groups excluding tert-OH is 1. The van der Waals surface area contributed by atoms with Crippen molar-refractivity contribution < 1.29 is 36.9 Å². The predicted molar refractivity (Wildman–Crippen MR) is 238 cm³/mol. The molecule has 8 rings (SSSR count). The Morgan fingerprint density at radius 1 is 0.708 bits per heavy atom. The van der Waals surface area contributed by atoms with Crippen molar-refractivity contribution in [3.8, 4) is 46.3 Å². The highest BCUT2D eigenvalue weighted by Crippen LogP contribution is 2.35. The molecule has 0 spiro atoms. The van der Waals surface area contributed by atoms with E-state index in [1.807, 2.05) is 37.2 Å². The van der Waals surface area contributed by atoms with Crippen molar-refractivity contribution in [1.82, 2.24) is 29.0 Å². The van der Waals surface area contributed by atoms with Crippen LogP contribution in [0.3, 0.4) is 0 Å². The molecule has 1 amide bonds. The van der Waals surface area contributed by atoms with E-state index in [1.54, 1.807) is 87.9 Å². The number of hydrogen-bond donors (Lipinski definition) is 2. The number of para-hydroxylation sites is 1. The molecule has 65 heavy (non-hydrogen) atoms. The number of benzene rings is 4. The van der Waals surface area contributed by atoms with Crippen LogP contribution in [-0.2, 0) is 26.0 Å². The van der Waals surface area contributed by atoms with Crippen molar-refractivity contribution in [3.63, 3.8) is 0 Å². The van der Waals surface area contributed by atoms with E-state index in [9.17, 15) is 27.5 Å². The van der Waals surface area contributed by atoms with E-state index >= 15 is 0 Å². The summed E-state index contributed by atoms with van der Waals surface area (Å²) >= 11 is 0. The summed E-state index contributed by atoms with van der Waals surface area (Å²) in [5, 5.41) is 12.7. The molecule has 4 aromatic carbocycles. The zero-order valence-corrected chi connectivity index (χ0v) is 35.2. The highest BCUT2D eigenvalue weighted by molar-refractivity contribution is 5.97. The number of hydrogen-bond acceptors (Lipinski definition) is 7. The number of aliphatic hydroxyl groups is 1. The van der Waals surface area contributed by atoms with Gasteiger partial charge in [-0.2, -0.15) is 13.2 Å². The SMILES string of the molecule is CN(C)CCNC(=O)c1ccc(-c2cc(C#Cc3c(COc4ccccc4CO)nc4ccccn34)cc(C(F)(F)F)c2)cc1OCc1nc2ccccn2c1C#Cc1ccc(F)cc1. The van der Waals surface area contributed by atoms with Crippen LogP contribution in [0.25, 0.3) is 22.4 Å². The molecule has 0 saturated heterocycles. The second kappa shape index (κ2) is 19.2. The summed E-state index contributed by atoms with van der Waals surface area (Å²) in [6.07, 6.45) is -1.18. The summed E-state index contributed by atoms with van der Waals surface area (Å²) in [5.41, 5.74) is 3.89. The van der Waals surface area contributed by atoms with Crippen LogP contribution >= 0.6 is 0 Å². The molecule has 0 aliphatic rings. The summed E-state index contributed by atoms with van der Waals surface area (Å²) in [4.78, 5) is 25.0. The lowest BCUT2D eigenvalue weighted by atomic mass is 9.98. The average molecular weight is 877 g/mol. The minimum absolute atomic E-state index is 0.0221. The zero-order valence-electron chi connectivity index (χ0n) is 35.2. The molecular formula is C51H40F4N6O4. The number of amides is 1. The number of imidazole rings is 2. The largest absolute Gasteiger partial charge is 0.487 e. The standard InChI is InChI=1S/C51H40F4N6O4/c1-59(2)26-23-56-50(63)41-20-17-36(30-47(41)65-33-43-44(60-24-7-5-12-49(60)58-43)21-15-34-13-18-40(52)19-14-34)38-27-35(28-39(29-38)51(53,54)55)16-22-45-42(57-48-11-6-8-25-61(45)48)32-64-46-10-4-3-9-37(46)31-62/h3-14,17-20,24-25,27-30,62H,23,26,31-33H2,1-2H3,(H,56,63). The Kier molecular flexibility index (Phi) is 12.9. The molecule has 0 radical (unpaired) electrons. The number of fused-ring (bicyclic) bond motifs is 2. The smallest absolute Gasteiger partial charge is 0.416 e. The van der Waals surface area contributed by atoms with Crippen molar-refractivity contribution >= 4 is 17.2 Å². The molecule has 0 aliphatic heterocycles. The van der Waals surface area contributed by atoms with Gasteiger partial charge in [0.15, 0.2) is 0 Å². The first-order valence-electron chi connectivity index (χ1n) is 20.4. The lowest BCUT2D eigenvalue weighted by Crippen LogP contribution is -2.31. The Balaban J connectivity index is 1.16. The summed E-state index contributed by atoms with van der Waals surface area (Å²) in [5.74, 6) is 11.9. The fourth-order valence-electron chi connectivity index (χ4n) is 6.95. The maximum Gasteiger partial charge on any atom is 0.416 e. The molecule has 8 aromatic rings. The number of rotatable bonds is 12. The maximum absolute atomic E-state index is 14.6. The molecule has 2 N–H and O–H groups in total. The van der Waals surface area contributed by atoms with Gasteiger partial charge in [0.05, 0.1) is 17.7 Å². The van der Waals surface area contributed by atoms with E-state index in [0.717, 1.165) is 12.1 Å². The molecule has 0 atom stereocenters. The van der Waals surface area contributed by atoms with E-state index < -0.39 is 17.6 Å². The third-order valence-electron chi connectivity index (χ3n) is 10.2. The summed E-state index contributed by atoms with van der Waals surface area (Å²) in [6, 6.07) is 31.7. The van der Waals surface area contributed by atoms with Gasteiger partial charge in [0.25, 0.3) is 5.91 Å². The molecule has 0 aliphatic carbocycles. The van der Waals surface area contributed by atoms with Crippen molar-refractivity contribution in [2.45, 2.75) is 26.0 Å². The van der Waals surface area contributed by atoms with Crippen LogP contribution in [0.5, 0.6) is 11.5 Å². The predicted octanol–water partition coefficient (Wildman–Crippen LogP) is 8.55. The molecule has 0 saturated carbocycles. The highest BCUT2D eigenvalue weighted by atomic mass is 19.4. The van der Waals surface area contributed by atoms with Gasteiger partial charge >= 0.3 is 6.18 Å². The maximum atomic E-state index is 14.6. The molecule has 14 heteroatoms. The third kappa shape index (κ3) is 10.3. The zero-order chi connectivity index (χ0) is 45.5. The van der Waals surface area contributed by atoms with Crippen LogP contribution in [0.15, 0.2) is 134 Å². The van der Waals surface area contributed by atoms with Crippen molar-refractivity contribution in [1.29, 1.82) is 0 Å². The highest BCUT2D eigenvalue weighted by Gasteiger charge is 2.31. The van der Waals surface area contributed by atoms with Gasteiger partial charge in [-0.1, -0.05) is 48.2 Å². The first kappa shape index (κ1) is 43.7. The van der Waals surface area contributed by atoms with Gasteiger partial charge in [-0.25, -0.2) is 14.4 Å². The molecule has 0 unspecified atom stereocenters. The molecule has 10 nitrogen and oxygen atoms in total. The van der Waals surface area contributed by atoms with E-state index in [0.29, 0.717) is 69.6 Å². The molecule has 4 aromatic heterocycles. The van der Waals surface area contributed by atoms with E-state index in [-0.39, 0.29) is 48.1 Å². The number of carbonyl (C=O) groups excluding carboxylic acids is 1. The van der Waals surface area contributed by atoms with Crippen LogP contribution in [0.2, 0.25) is 0 Å². The topological polar surface area (TPSA) is 106 Å². The number of halogens is 4. The van der Waals surface area contributed by atoms with Gasteiger partial charge < -0.3 is 24.8 Å². The monoisotopic (exact) mass is 876 g/mol. The summed E-state index contributed by atoms with van der Waals surface area (Å²) < 4.78 is 73.3. The van der Waals surface area contributed by atoms with Crippen molar-refractivity contribution in [2.24, 2.45) is 0 Å². The minimum atomic E-state index is -4.73. The number of aromatic nitrogens is 4. The van der Waals surface area contributed by atoms with E-state index in [4.69, 9.17) is 14.5 Å². The van der Waals surface area contributed by atoms with Crippen LogP contribution in [0.4, 0.5) is 17.6 Å². The number of carbonyl (C=O) groups is 1. The van der Waals surface area contributed by atoms with E-state index in [1.165, 1.54) is 24.3 Å². The number of likely N-dealkylation sites (N-methyl/N-ethyl adjacent to an activating group) is 1. The van der Waals surface area contributed by atoms with Gasteiger partial charge in [0, 0.05) is 42.2 Å². The van der Waals surface area contributed by atoms with E-state index in [2.05, 4.69) is 34.0 Å². The van der Waals surface area contributed by atoms with Gasteiger partial charge in [-0.05, 0) is 122 Å². The molecule has 326 valence electrons. The number of nitrogens with one attached hydrogen (secondary N) is 1. The first-order chi connectivity index (χ1) is 31.4. The molecule has 4 heterocycles. The second-order valence-corrected chi connectivity index (χ2v) is 15.1. The Hall–Kier alpha value is -7.91. The Labute approximate surface area is 371 Å². The normalized spacial score (nSPS) is 11.3. The Morgan fingerprint density at radius 2 is 1.32 bits per heavy atom. The first-order valence-corrected chi connectivity index (χ1v) is 20.4. The van der Waals surface area contributed by atoms with Crippen molar-refractivity contribution in [2.75, 3.05) is 27.2 Å². The lowest BCUT2D eigenvalue weighted by Gasteiger charge is -2.15. The Bertz CT molecular complexity index is 3150. The second-order valence-electron chi connectivity index (χ2n) is 15.1.